The molecule has 0 bridgehead atoms. The summed E-state index contributed by atoms with van der Waals surface area (Å²) in [5.41, 5.74) is 2.99. The number of carbonyl (C=O) groups is 2. The van der Waals surface area contributed by atoms with Crippen molar-refractivity contribution < 1.29 is 24.2 Å². The van der Waals surface area contributed by atoms with Crippen LogP contribution in [0.2, 0.25) is 0 Å². The number of carbonyl (C=O) groups excluding carboxylic acids is 1. The molecular weight excluding hydrogens is 358 g/mol. The van der Waals surface area contributed by atoms with Crippen molar-refractivity contribution in [3.8, 4) is 5.75 Å². The maximum atomic E-state index is 12.3. The van der Waals surface area contributed by atoms with Gasteiger partial charge in [-0.3, -0.25) is 4.79 Å². The Labute approximate surface area is 163 Å². The highest BCUT2D eigenvalue weighted by molar-refractivity contribution is 5.98. The Morgan fingerprint density at radius 2 is 1.89 bits per heavy atom. The van der Waals surface area contributed by atoms with Gasteiger partial charge in [0.2, 0.25) is 0 Å². The Bertz CT molecular complexity index is 962. The van der Waals surface area contributed by atoms with Crippen molar-refractivity contribution in [2.75, 3.05) is 6.61 Å². The predicted molar refractivity (Wildman–Crippen MR) is 106 cm³/mol. The molecule has 1 aromatic heterocycles. The van der Waals surface area contributed by atoms with E-state index in [2.05, 4.69) is 4.98 Å². The van der Waals surface area contributed by atoms with Gasteiger partial charge in [-0.05, 0) is 49.1 Å². The van der Waals surface area contributed by atoms with Gasteiger partial charge in [0.1, 0.15) is 18.1 Å². The zero-order valence-electron chi connectivity index (χ0n) is 15.7. The van der Waals surface area contributed by atoms with Crippen LogP contribution in [0.25, 0.3) is 10.9 Å². The Morgan fingerprint density at radius 3 is 2.61 bits per heavy atom. The van der Waals surface area contributed by atoms with Crippen molar-refractivity contribution in [3.05, 3.63) is 65.4 Å². The number of aliphatic carboxylic acids is 1. The third kappa shape index (κ3) is 4.71. The molecule has 0 radical (unpaired) electrons. The van der Waals surface area contributed by atoms with Gasteiger partial charge in [-0.2, -0.15) is 0 Å². The topological polar surface area (TPSA) is 88.6 Å². The highest BCUT2D eigenvalue weighted by Crippen LogP contribution is 2.29. The molecule has 0 unspecified atom stereocenters. The van der Waals surface area contributed by atoms with Gasteiger partial charge >= 0.3 is 11.9 Å². The third-order valence-electron chi connectivity index (χ3n) is 4.42. The lowest BCUT2D eigenvalue weighted by molar-refractivity contribution is -0.137. The van der Waals surface area contributed by atoms with Gasteiger partial charge in [-0.1, -0.05) is 30.3 Å². The monoisotopic (exact) mass is 381 g/mol. The molecule has 2 N–H and O–H groups in total. The standard InChI is InChI=1S/C22H23NO5/c1-2-27-22(26)21-17(9-6-10-20(24)25)18-13-16(11-12-19(18)23-21)28-14-15-7-4-3-5-8-15/h3-5,7-8,11-13,23H,2,6,9-10,14H2,1H3,(H,24,25). The van der Waals surface area contributed by atoms with Crippen molar-refractivity contribution in [3.63, 3.8) is 0 Å². The number of aromatic nitrogens is 1. The number of ether oxygens (including phenoxy) is 2. The van der Waals surface area contributed by atoms with Crippen LogP contribution in [0.15, 0.2) is 48.5 Å². The molecule has 6 heteroatoms. The van der Waals surface area contributed by atoms with Crippen molar-refractivity contribution in [1.82, 2.24) is 4.98 Å². The number of carboxylic acids is 1. The molecule has 2 aromatic carbocycles. The molecule has 1 heterocycles. The predicted octanol–water partition coefficient (Wildman–Crippen LogP) is 4.33. The Morgan fingerprint density at radius 1 is 1.11 bits per heavy atom. The molecule has 0 aliphatic carbocycles. The third-order valence-corrected chi connectivity index (χ3v) is 4.42. The Balaban J connectivity index is 1.88. The molecule has 0 aliphatic rings. The van der Waals surface area contributed by atoms with Gasteiger partial charge in [-0.15, -0.1) is 0 Å². The number of esters is 1. The number of nitrogens with one attached hydrogen (secondary N) is 1. The number of aryl methyl sites for hydroxylation is 1. The van der Waals surface area contributed by atoms with Crippen molar-refractivity contribution in [1.29, 1.82) is 0 Å². The average molecular weight is 381 g/mol. The average Bonchev–Trinajstić information content (AvgIpc) is 3.05. The van der Waals surface area contributed by atoms with Crippen molar-refractivity contribution in [2.45, 2.75) is 32.8 Å². The maximum absolute atomic E-state index is 12.3. The lowest BCUT2D eigenvalue weighted by Gasteiger charge is -2.07. The molecule has 3 rings (SSSR count). The first-order valence-electron chi connectivity index (χ1n) is 9.28. The van der Waals surface area contributed by atoms with E-state index in [-0.39, 0.29) is 13.0 Å². The van der Waals surface area contributed by atoms with E-state index in [0.29, 0.717) is 30.9 Å². The van der Waals surface area contributed by atoms with E-state index in [1.807, 2.05) is 48.5 Å². The summed E-state index contributed by atoms with van der Waals surface area (Å²) in [7, 11) is 0. The second-order valence-corrected chi connectivity index (χ2v) is 6.43. The Hall–Kier alpha value is -3.28. The van der Waals surface area contributed by atoms with E-state index >= 15 is 0 Å². The number of rotatable bonds is 9. The van der Waals surface area contributed by atoms with Crippen molar-refractivity contribution >= 4 is 22.8 Å². The summed E-state index contributed by atoms with van der Waals surface area (Å²) in [5, 5.41) is 9.77. The van der Waals surface area contributed by atoms with Crippen LogP contribution in [0.1, 0.15) is 41.4 Å². The van der Waals surface area contributed by atoms with Gasteiger partial charge in [-0.25, -0.2) is 4.79 Å². The molecule has 0 fully saturated rings. The van der Waals surface area contributed by atoms with E-state index in [9.17, 15) is 9.59 Å². The van der Waals surface area contributed by atoms with Gasteiger partial charge in [0, 0.05) is 17.3 Å². The van der Waals surface area contributed by atoms with Crippen LogP contribution in [-0.4, -0.2) is 28.6 Å². The fourth-order valence-electron chi connectivity index (χ4n) is 3.11. The quantitative estimate of drug-likeness (QED) is 0.539. The maximum Gasteiger partial charge on any atom is 0.355 e. The largest absolute Gasteiger partial charge is 0.489 e. The molecule has 0 amide bonds. The second-order valence-electron chi connectivity index (χ2n) is 6.43. The minimum absolute atomic E-state index is 0.0408. The SMILES string of the molecule is CCOC(=O)c1[nH]c2ccc(OCc3ccccc3)cc2c1CCCC(=O)O. The first-order chi connectivity index (χ1) is 13.6. The molecule has 146 valence electrons. The summed E-state index contributed by atoms with van der Waals surface area (Å²) in [6.07, 6.45) is 0.936. The fraction of sp³-hybridized carbons (Fsp3) is 0.273. The van der Waals surface area contributed by atoms with Crippen LogP contribution >= 0.6 is 0 Å². The lowest BCUT2D eigenvalue weighted by Crippen LogP contribution is -2.08. The molecule has 3 aromatic rings. The van der Waals surface area contributed by atoms with Crippen LogP contribution in [-0.2, 0) is 22.6 Å². The van der Waals surface area contributed by atoms with Crippen LogP contribution < -0.4 is 4.74 Å². The molecule has 0 aliphatic heterocycles. The molecular formula is C22H23NO5. The molecule has 6 nitrogen and oxygen atoms in total. The van der Waals surface area contributed by atoms with E-state index in [1.165, 1.54) is 0 Å². The zero-order valence-corrected chi connectivity index (χ0v) is 15.7. The summed E-state index contributed by atoms with van der Waals surface area (Å²) in [5.74, 6) is -0.606. The fourth-order valence-corrected chi connectivity index (χ4v) is 3.11. The van der Waals surface area contributed by atoms with Gasteiger partial charge < -0.3 is 19.6 Å². The van der Waals surface area contributed by atoms with E-state index in [0.717, 1.165) is 22.0 Å². The number of aromatic amines is 1. The van der Waals surface area contributed by atoms with Gasteiger partial charge in [0.05, 0.1) is 6.61 Å². The minimum Gasteiger partial charge on any atom is -0.489 e. The van der Waals surface area contributed by atoms with E-state index < -0.39 is 11.9 Å². The van der Waals surface area contributed by atoms with Crippen LogP contribution in [0.4, 0.5) is 0 Å². The summed E-state index contributed by atoms with van der Waals surface area (Å²) in [6.45, 7) is 2.46. The number of benzene rings is 2. The lowest BCUT2D eigenvalue weighted by atomic mass is 10.0. The second kappa shape index (κ2) is 9.08. The molecule has 0 saturated heterocycles. The molecule has 0 atom stereocenters. The Kier molecular flexibility index (Phi) is 6.32. The molecule has 28 heavy (non-hydrogen) atoms. The first-order valence-corrected chi connectivity index (χ1v) is 9.28. The molecule has 0 spiro atoms. The summed E-state index contributed by atoms with van der Waals surface area (Å²) < 4.78 is 11.0. The summed E-state index contributed by atoms with van der Waals surface area (Å²) >= 11 is 0. The van der Waals surface area contributed by atoms with Crippen LogP contribution in [0, 0.1) is 0 Å². The molecule has 0 saturated carbocycles. The zero-order chi connectivity index (χ0) is 19.9. The van der Waals surface area contributed by atoms with E-state index in [4.69, 9.17) is 14.6 Å². The first kappa shape index (κ1) is 19.5. The number of hydrogen-bond acceptors (Lipinski definition) is 4. The number of hydrogen-bond donors (Lipinski definition) is 2. The highest BCUT2D eigenvalue weighted by atomic mass is 16.5. The summed E-state index contributed by atoms with van der Waals surface area (Å²) in [6, 6.07) is 15.4. The highest BCUT2D eigenvalue weighted by Gasteiger charge is 2.19. The van der Waals surface area contributed by atoms with Crippen molar-refractivity contribution in [2.24, 2.45) is 0 Å². The van der Waals surface area contributed by atoms with E-state index in [1.54, 1.807) is 6.92 Å². The minimum atomic E-state index is -0.857. The number of carboxylic acid groups (broad SMARTS) is 1. The normalized spacial score (nSPS) is 10.8. The van der Waals surface area contributed by atoms with Crippen LogP contribution in [0.3, 0.4) is 0 Å². The number of fused-ring (bicyclic) bond motifs is 1. The summed E-state index contributed by atoms with van der Waals surface area (Å²) in [4.78, 5) is 26.3. The number of H-pyrrole nitrogens is 1. The van der Waals surface area contributed by atoms with Gasteiger partial charge in [0.15, 0.2) is 0 Å². The van der Waals surface area contributed by atoms with Gasteiger partial charge in [0.25, 0.3) is 0 Å². The smallest absolute Gasteiger partial charge is 0.355 e. The van der Waals surface area contributed by atoms with Crippen LogP contribution in [0.5, 0.6) is 5.75 Å².